The zero-order valence-corrected chi connectivity index (χ0v) is 43.4. The third kappa shape index (κ3) is 19.3. The summed E-state index contributed by atoms with van der Waals surface area (Å²) in [4.78, 5) is 50.5. The Morgan fingerprint density at radius 3 is 1.36 bits per heavy atom. The van der Waals surface area contributed by atoms with Crippen LogP contribution in [0.1, 0.15) is 105 Å². The number of rotatable bonds is 29. The van der Waals surface area contributed by atoms with Crippen molar-refractivity contribution in [3.8, 4) is 0 Å². The highest BCUT2D eigenvalue weighted by atomic mass is 32.3. The van der Waals surface area contributed by atoms with Crippen molar-refractivity contribution in [1.29, 1.82) is 0 Å². The van der Waals surface area contributed by atoms with Gasteiger partial charge in [0.15, 0.2) is 25.2 Å². The van der Waals surface area contributed by atoms with Crippen molar-refractivity contribution in [2.24, 2.45) is 0 Å². The first-order valence-electron chi connectivity index (χ1n) is 25.4. The molecule has 4 saturated heterocycles. The topological polar surface area (TPSA) is 427 Å². The number of allylic oxidation sites excluding steroid dienone is 2. The average molecular weight is 1110 g/mol. The van der Waals surface area contributed by atoms with E-state index in [4.69, 9.17) is 33.2 Å². The van der Waals surface area contributed by atoms with Crippen molar-refractivity contribution >= 4 is 34.0 Å². The molecule has 20 atom stereocenters. The minimum atomic E-state index is -5.15. The predicted octanol–water partition coefficient (Wildman–Crippen LogP) is -4.11. The number of carbonyl (C=O) groups excluding carboxylic acids is 4. The molecule has 12 unspecified atom stereocenters. The number of aliphatic hydroxyl groups is 9. The van der Waals surface area contributed by atoms with E-state index in [1.807, 2.05) is 0 Å². The van der Waals surface area contributed by atoms with E-state index < -0.39 is 183 Å². The lowest BCUT2D eigenvalue weighted by Gasteiger charge is -2.51. The van der Waals surface area contributed by atoms with Crippen LogP contribution in [-0.2, 0) is 66.9 Å². The minimum absolute atomic E-state index is 0.0269. The molecule has 4 rings (SSSR count). The zero-order chi connectivity index (χ0) is 55.6. The van der Waals surface area contributed by atoms with Gasteiger partial charge in [0.1, 0.15) is 97.4 Å². The van der Waals surface area contributed by atoms with Gasteiger partial charge in [-0.2, -0.15) is 8.42 Å². The van der Waals surface area contributed by atoms with E-state index in [2.05, 4.69) is 44.5 Å². The van der Waals surface area contributed by atoms with Gasteiger partial charge in [0.05, 0.1) is 26.4 Å². The zero-order valence-electron chi connectivity index (χ0n) is 42.6. The van der Waals surface area contributed by atoms with Crippen molar-refractivity contribution in [2.75, 3.05) is 26.4 Å². The van der Waals surface area contributed by atoms with E-state index in [-0.39, 0.29) is 6.42 Å². The van der Waals surface area contributed by atoms with Crippen LogP contribution in [0.25, 0.3) is 0 Å². The van der Waals surface area contributed by atoms with Crippen LogP contribution in [0, 0.1) is 0 Å². The fraction of sp³-hybridized carbons (Fsp3) is 0.870. The summed E-state index contributed by atoms with van der Waals surface area (Å²) in [5.74, 6) is -2.91. The summed E-state index contributed by atoms with van der Waals surface area (Å²) in [6.45, 7) is 1.40. The standard InChI is InChI=1S/C46H80N4O24S/c1-5-6-7-8-9-10-11-12-13-14-15-16-17-18-30(57)50-32-36(59)35(58)26(19-51)69-44(32)72-40-27(20-52)70-45(33(38(40)61)48-24(3)55)73-41-28(21-53)71-46(34(39(41)62)49-25(4)56)74-42-29(22-67-75(64,65)66)68-43(63)31(37(42)60)47-23(2)54/h10-11,26-29,31-46,51-53,58-63H,5-9,12-22H2,1-4H3,(H,47,54)(H,48,55)(H,49,56)(H,50,57)(H,64,65,66)/b11-10-/t26?,27?,28?,29?,31?,32?,33?,34?,35-,36?,37?,38?,39?,40-,41-,42-,43-,44+,45+,46+/m1/s1. The van der Waals surface area contributed by atoms with Gasteiger partial charge in [-0.05, 0) is 32.1 Å². The maximum Gasteiger partial charge on any atom is 0.397 e. The predicted molar refractivity (Wildman–Crippen MR) is 255 cm³/mol. The molecule has 4 heterocycles. The molecule has 4 amide bonds. The van der Waals surface area contributed by atoms with E-state index in [0.717, 1.165) is 59.3 Å². The Balaban J connectivity index is 1.50. The van der Waals surface area contributed by atoms with Crippen molar-refractivity contribution in [2.45, 2.75) is 227 Å². The van der Waals surface area contributed by atoms with Gasteiger partial charge in [0, 0.05) is 27.2 Å². The maximum atomic E-state index is 13.3. The highest BCUT2D eigenvalue weighted by Crippen LogP contribution is 2.35. The summed E-state index contributed by atoms with van der Waals surface area (Å²) in [5, 5.41) is 109. The molecule has 0 aliphatic carbocycles. The lowest BCUT2D eigenvalue weighted by molar-refractivity contribution is -0.361. The largest absolute Gasteiger partial charge is 0.397 e. The fourth-order valence-electron chi connectivity index (χ4n) is 9.34. The summed E-state index contributed by atoms with van der Waals surface area (Å²) in [7, 11) is -5.15. The van der Waals surface area contributed by atoms with E-state index in [1.165, 1.54) is 25.7 Å². The van der Waals surface area contributed by atoms with Crippen LogP contribution in [0.5, 0.6) is 0 Å². The van der Waals surface area contributed by atoms with Crippen molar-refractivity contribution in [3.63, 3.8) is 0 Å². The average Bonchev–Trinajstić information content (AvgIpc) is 3.34. The fourth-order valence-corrected chi connectivity index (χ4v) is 9.64. The van der Waals surface area contributed by atoms with Crippen LogP contribution in [0.4, 0.5) is 0 Å². The Labute approximate surface area is 435 Å². The Morgan fingerprint density at radius 1 is 0.507 bits per heavy atom. The molecular weight excluding hydrogens is 1020 g/mol. The molecule has 4 aliphatic heterocycles. The molecule has 0 bridgehead atoms. The van der Waals surface area contributed by atoms with Gasteiger partial charge >= 0.3 is 10.4 Å². The van der Waals surface area contributed by atoms with E-state index in [0.29, 0.717) is 6.42 Å². The first-order valence-corrected chi connectivity index (χ1v) is 26.8. The van der Waals surface area contributed by atoms with Crippen LogP contribution in [0.3, 0.4) is 0 Å². The van der Waals surface area contributed by atoms with Crippen LogP contribution < -0.4 is 21.3 Å². The second-order valence-electron chi connectivity index (χ2n) is 19.1. The number of unbranched alkanes of at least 4 members (excludes halogenated alkanes) is 9. The number of hydrogen-bond donors (Lipinski definition) is 14. The first-order chi connectivity index (χ1) is 35.5. The van der Waals surface area contributed by atoms with Crippen LogP contribution >= 0.6 is 0 Å². The summed E-state index contributed by atoms with van der Waals surface area (Å²) in [6, 6.07) is -6.58. The molecule has 28 nitrogen and oxygen atoms in total. The Kier molecular flexibility index (Phi) is 27.0. The second-order valence-corrected chi connectivity index (χ2v) is 20.2. The highest BCUT2D eigenvalue weighted by molar-refractivity contribution is 7.80. The molecule has 75 heavy (non-hydrogen) atoms. The van der Waals surface area contributed by atoms with Gasteiger partial charge in [-0.1, -0.05) is 57.6 Å². The summed E-state index contributed by atoms with van der Waals surface area (Å²) >= 11 is 0. The lowest BCUT2D eigenvalue weighted by atomic mass is 9.93. The Bertz CT molecular complexity index is 1910. The Morgan fingerprint density at radius 2 is 0.907 bits per heavy atom. The van der Waals surface area contributed by atoms with E-state index in [1.54, 1.807) is 0 Å². The number of ether oxygens (including phenoxy) is 7. The molecule has 29 heteroatoms. The molecule has 0 saturated carbocycles. The van der Waals surface area contributed by atoms with Gasteiger partial charge < -0.3 is 100 Å². The normalized spacial score (nSPS) is 36.5. The third-order valence-corrected chi connectivity index (χ3v) is 13.6. The number of aliphatic hydroxyl groups excluding tert-OH is 9. The molecule has 4 aliphatic rings. The van der Waals surface area contributed by atoms with Crippen LogP contribution in [0.15, 0.2) is 12.2 Å². The number of hydrogen-bond acceptors (Lipinski definition) is 23. The van der Waals surface area contributed by atoms with Gasteiger partial charge in [-0.15, -0.1) is 0 Å². The molecule has 0 radical (unpaired) electrons. The minimum Gasteiger partial charge on any atom is -0.394 e. The third-order valence-electron chi connectivity index (χ3n) is 13.1. The number of carbonyl (C=O) groups is 4. The number of nitrogens with one attached hydrogen (secondary N) is 4. The molecule has 0 aromatic carbocycles. The lowest BCUT2D eigenvalue weighted by Crippen LogP contribution is -2.71. The van der Waals surface area contributed by atoms with Crippen molar-refractivity contribution in [3.05, 3.63) is 12.2 Å². The van der Waals surface area contributed by atoms with Gasteiger partial charge in [-0.3, -0.25) is 23.7 Å². The van der Waals surface area contributed by atoms with E-state index in [9.17, 15) is 78.1 Å². The molecule has 0 aromatic rings. The van der Waals surface area contributed by atoms with Crippen LogP contribution in [0.2, 0.25) is 0 Å². The molecule has 0 aromatic heterocycles. The summed E-state index contributed by atoms with van der Waals surface area (Å²) in [5.41, 5.74) is 0. The summed E-state index contributed by atoms with van der Waals surface area (Å²) in [6.07, 6.45) is -13.5. The number of amides is 4. The van der Waals surface area contributed by atoms with Gasteiger partial charge in [-0.25, -0.2) is 4.18 Å². The van der Waals surface area contributed by atoms with Crippen LogP contribution in [-0.4, -0.2) is 232 Å². The highest BCUT2D eigenvalue weighted by Gasteiger charge is 2.56. The molecular formula is C46H80N4O24S. The van der Waals surface area contributed by atoms with E-state index >= 15 is 0 Å². The SMILES string of the molecule is CCCCCC/C=C\CCCCCCCC(=O)NC1C(O)[C@H](O)C(CO)O[C@H]1O[C@@H]1C(CO)O[C@@H](O[C@@H]2C(CO)O[C@@H](O[C@@H]3C(COS(=O)(=O)O)O[C@@H](O)C(NC(C)=O)C3O)C(NC(C)=O)C2O)C(NC(C)=O)C1O. The monoisotopic (exact) mass is 1100 g/mol. The van der Waals surface area contributed by atoms with Crippen molar-refractivity contribution < 1.29 is 115 Å². The quantitative estimate of drug-likeness (QED) is 0.0192. The molecule has 434 valence electrons. The van der Waals surface area contributed by atoms with Crippen molar-refractivity contribution in [1.82, 2.24) is 21.3 Å². The second kappa shape index (κ2) is 31.4. The smallest absolute Gasteiger partial charge is 0.394 e. The Hall–Kier alpha value is -3.15. The van der Waals surface area contributed by atoms with Gasteiger partial charge in [0.2, 0.25) is 23.6 Å². The first kappa shape index (κ1) is 64.4. The van der Waals surface area contributed by atoms with Gasteiger partial charge in [0.25, 0.3) is 0 Å². The summed E-state index contributed by atoms with van der Waals surface area (Å²) < 4.78 is 77.9. The molecule has 14 N–H and O–H groups in total. The maximum absolute atomic E-state index is 13.3. The molecule has 0 spiro atoms. The molecule has 4 fully saturated rings.